The number of nitrogens with zero attached hydrogens (tertiary/aromatic N) is 1. The van der Waals surface area contributed by atoms with Crippen molar-refractivity contribution in [3.8, 4) is 11.1 Å². The van der Waals surface area contributed by atoms with Gasteiger partial charge in [0.25, 0.3) is 0 Å². The topological polar surface area (TPSA) is 44.4 Å². The summed E-state index contributed by atoms with van der Waals surface area (Å²) in [7, 11) is 0. The van der Waals surface area contributed by atoms with E-state index in [-0.39, 0.29) is 5.92 Å². The van der Waals surface area contributed by atoms with Gasteiger partial charge in [-0.25, -0.2) is 0 Å². The fraction of sp³-hybridized carbons (Fsp3) is 0.324. The second-order valence-electron chi connectivity index (χ2n) is 11.6. The monoisotopic (exact) mass is 543 g/mol. The molecule has 0 aromatic heterocycles. The van der Waals surface area contributed by atoms with Crippen LogP contribution in [0.15, 0.2) is 109 Å². The van der Waals surface area contributed by atoms with Crippen molar-refractivity contribution in [2.75, 3.05) is 19.6 Å². The van der Waals surface area contributed by atoms with E-state index in [0.29, 0.717) is 24.4 Å². The van der Waals surface area contributed by atoms with Crippen molar-refractivity contribution in [3.63, 3.8) is 0 Å². The van der Waals surface area contributed by atoms with E-state index in [9.17, 15) is 4.79 Å². The van der Waals surface area contributed by atoms with Gasteiger partial charge in [-0.3, -0.25) is 4.79 Å². The number of piperidine rings is 1. The third kappa shape index (κ3) is 7.13. The largest absolute Gasteiger partial charge is 0.335 e. The van der Waals surface area contributed by atoms with Gasteiger partial charge in [-0.1, -0.05) is 109 Å². The van der Waals surface area contributed by atoms with E-state index >= 15 is 0 Å². The van der Waals surface area contributed by atoms with Crippen LogP contribution in [-0.2, 0) is 24.3 Å². The molecule has 0 radical (unpaired) electrons. The maximum atomic E-state index is 13.8. The van der Waals surface area contributed by atoms with E-state index in [1.807, 2.05) is 6.07 Å². The zero-order valence-electron chi connectivity index (χ0n) is 23.8. The molecule has 4 aromatic carbocycles. The van der Waals surface area contributed by atoms with Crippen LogP contribution < -0.4 is 10.6 Å². The molecule has 210 valence electrons. The van der Waals surface area contributed by atoms with E-state index in [1.165, 1.54) is 33.4 Å². The summed E-state index contributed by atoms with van der Waals surface area (Å²) >= 11 is 0. The van der Waals surface area contributed by atoms with Gasteiger partial charge in [0.05, 0.1) is 0 Å². The van der Waals surface area contributed by atoms with Crippen molar-refractivity contribution in [3.05, 3.63) is 131 Å². The molecule has 4 aromatic rings. The first-order chi connectivity index (χ1) is 20.2. The molecule has 0 bridgehead atoms. The van der Waals surface area contributed by atoms with Gasteiger partial charge in [-0.05, 0) is 84.6 Å². The summed E-state index contributed by atoms with van der Waals surface area (Å²) in [4.78, 5) is 16.0. The molecule has 2 aliphatic rings. The molecule has 1 amide bonds. The third-order valence-electron chi connectivity index (χ3n) is 8.72. The molecule has 1 saturated carbocycles. The second-order valence-corrected chi connectivity index (χ2v) is 11.6. The van der Waals surface area contributed by atoms with Gasteiger partial charge < -0.3 is 15.5 Å². The smallest absolute Gasteiger partial charge is 0.226 e. The van der Waals surface area contributed by atoms with E-state index in [4.69, 9.17) is 0 Å². The standard InChI is InChI=1S/C37H41N3O/c41-37(36-25-35(36)33-9-5-2-6-10-33)40(34-20-23-38-24-21-34)27-30-13-17-32(18-14-30)31-15-11-29(12-16-31)26-39-22-19-28-7-3-1-4-8-28/h1-18,34-36,38-39H,19-27H2/t35-,36+/m1/s1. The molecule has 1 aliphatic heterocycles. The molecule has 4 heteroatoms. The molecule has 0 spiro atoms. The Kier molecular flexibility index (Phi) is 8.89. The van der Waals surface area contributed by atoms with Crippen molar-refractivity contribution >= 4 is 5.91 Å². The van der Waals surface area contributed by atoms with Crippen LogP contribution in [0.2, 0.25) is 0 Å². The van der Waals surface area contributed by atoms with E-state index in [1.54, 1.807) is 0 Å². The van der Waals surface area contributed by atoms with Crippen LogP contribution in [0.1, 0.15) is 47.4 Å². The zero-order valence-corrected chi connectivity index (χ0v) is 23.8. The van der Waals surface area contributed by atoms with Crippen LogP contribution in [0, 0.1) is 5.92 Å². The lowest BCUT2D eigenvalue weighted by atomic mass is 10.00. The highest BCUT2D eigenvalue weighted by Crippen LogP contribution is 2.49. The van der Waals surface area contributed by atoms with Crippen LogP contribution >= 0.6 is 0 Å². The summed E-state index contributed by atoms with van der Waals surface area (Å²) in [5.41, 5.74) is 7.60. The van der Waals surface area contributed by atoms with Crippen LogP contribution in [0.3, 0.4) is 0 Å². The molecule has 1 aliphatic carbocycles. The van der Waals surface area contributed by atoms with Crippen molar-refractivity contribution in [1.82, 2.24) is 15.5 Å². The highest BCUT2D eigenvalue weighted by molar-refractivity contribution is 5.83. The lowest BCUT2D eigenvalue weighted by molar-refractivity contribution is -0.136. The maximum absolute atomic E-state index is 13.8. The Morgan fingerprint density at radius 3 is 2.00 bits per heavy atom. The van der Waals surface area contributed by atoms with Crippen molar-refractivity contribution in [2.45, 2.75) is 50.7 Å². The summed E-state index contributed by atoms with van der Waals surface area (Å²) in [6.07, 6.45) is 4.07. The Morgan fingerprint density at radius 2 is 1.34 bits per heavy atom. The predicted octanol–water partition coefficient (Wildman–Crippen LogP) is 6.57. The number of rotatable bonds is 11. The van der Waals surface area contributed by atoms with Crippen molar-refractivity contribution in [2.24, 2.45) is 5.92 Å². The number of carbonyl (C=O) groups excluding carboxylic acids is 1. The van der Waals surface area contributed by atoms with Crippen LogP contribution in [0.5, 0.6) is 0 Å². The summed E-state index contributed by atoms with van der Waals surface area (Å²) < 4.78 is 0. The minimum atomic E-state index is 0.123. The first-order valence-corrected chi connectivity index (χ1v) is 15.2. The van der Waals surface area contributed by atoms with E-state index in [0.717, 1.165) is 51.9 Å². The number of benzene rings is 4. The molecule has 2 atom stereocenters. The average molecular weight is 544 g/mol. The Bertz CT molecular complexity index is 1380. The number of nitrogens with one attached hydrogen (secondary N) is 2. The highest BCUT2D eigenvalue weighted by Gasteiger charge is 2.46. The van der Waals surface area contributed by atoms with Gasteiger partial charge in [0, 0.05) is 25.0 Å². The zero-order chi connectivity index (χ0) is 27.9. The van der Waals surface area contributed by atoms with Gasteiger partial charge in [-0.2, -0.15) is 0 Å². The van der Waals surface area contributed by atoms with Crippen LogP contribution in [0.25, 0.3) is 11.1 Å². The van der Waals surface area contributed by atoms with Crippen LogP contribution in [0.4, 0.5) is 0 Å². The van der Waals surface area contributed by atoms with Gasteiger partial charge in [0.15, 0.2) is 0 Å². The van der Waals surface area contributed by atoms with Gasteiger partial charge >= 0.3 is 0 Å². The Labute approximate surface area is 244 Å². The molecule has 41 heavy (non-hydrogen) atoms. The molecule has 2 fully saturated rings. The average Bonchev–Trinajstić information content (AvgIpc) is 3.85. The molecule has 6 rings (SSSR count). The fourth-order valence-corrected chi connectivity index (χ4v) is 6.18. The molecular weight excluding hydrogens is 502 g/mol. The normalized spacial score (nSPS) is 18.6. The number of hydrogen-bond donors (Lipinski definition) is 2. The van der Waals surface area contributed by atoms with Crippen molar-refractivity contribution < 1.29 is 4.79 Å². The Balaban J connectivity index is 1.06. The lowest BCUT2D eigenvalue weighted by Crippen LogP contribution is -2.46. The SMILES string of the molecule is O=C([C@H]1C[C@@H]1c1ccccc1)N(Cc1ccc(-c2ccc(CNCCc3ccccc3)cc2)cc1)C1CCNCC1. The molecule has 4 nitrogen and oxygen atoms in total. The maximum Gasteiger partial charge on any atom is 0.226 e. The summed E-state index contributed by atoms with van der Waals surface area (Å²) in [5, 5.41) is 7.02. The third-order valence-corrected chi connectivity index (χ3v) is 8.72. The van der Waals surface area contributed by atoms with Gasteiger partial charge in [0.1, 0.15) is 0 Å². The van der Waals surface area contributed by atoms with Crippen LogP contribution in [-0.4, -0.2) is 36.5 Å². The molecule has 2 N–H and O–H groups in total. The second kappa shape index (κ2) is 13.3. The number of amides is 1. The predicted molar refractivity (Wildman–Crippen MR) is 167 cm³/mol. The minimum Gasteiger partial charge on any atom is -0.335 e. The summed E-state index contributed by atoms with van der Waals surface area (Å²) in [6, 6.07) is 39.2. The number of hydrogen-bond acceptors (Lipinski definition) is 3. The van der Waals surface area contributed by atoms with Gasteiger partial charge in [-0.15, -0.1) is 0 Å². The first kappa shape index (κ1) is 27.4. The summed E-state index contributed by atoms with van der Waals surface area (Å²) in [5.74, 6) is 0.832. The summed E-state index contributed by atoms with van der Waals surface area (Å²) in [6.45, 7) is 4.50. The van der Waals surface area contributed by atoms with E-state index < -0.39 is 0 Å². The lowest BCUT2D eigenvalue weighted by Gasteiger charge is -2.35. The first-order valence-electron chi connectivity index (χ1n) is 15.2. The molecule has 1 heterocycles. The fourth-order valence-electron chi connectivity index (χ4n) is 6.18. The molecule has 0 unspecified atom stereocenters. The number of carbonyl (C=O) groups is 1. The molecular formula is C37H41N3O. The highest BCUT2D eigenvalue weighted by atomic mass is 16.2. The van der Waals surface area contributed by atoms with Gasteiger partial charge in [0.2, 0.25) is 5.91 Å². The Morgan fingerprint density at radius 1 is 0.732 bits per heavy atom. The van der Waals surface area contributed by atoms with Crippen molar-refractivity contribution in [1.29, 1.82) is 0 Å². The quantitative estimate of drug-likeness (QED) is 0.210. The minimum absolute atomic E-state index is 0.123. The Hall–Kier alpha value is -3.73. The van der Waals surface area contributed by atoms with E-state index in [2.05, 4.69) is 119 Å². The molecule has 1 saturated heterocycles.